The lowest BCUT2D eigenvalue weighted by Crippen LogP contribution is -1.84. The van der Waals surface area contributed by atoms with Gasteiger partial charge in [-0.2, -0.15) is 0 Å². The maximum absolute atomic E-state index is 5.14. The second-order valence-electron chi connectivity index (χ2n) is 2.20. The summed E-state index contributed by atoms with van der Waals surface area (Å²) in [6.45, 7) is 5.40. The molecule has 0 saturated carbocycles. The van der Waals surface area contributed by atoms with Crippen LogP contribution in [-0.2, 0) is 0 Å². The smallest absolute Gasteiger partial charge is 0.147 e. The molecule has 0 bridgehead atoms. The van der Waals surface area contributed by atoms with Crippen molar-refractivity contribution in [1.82, 2.24) is 0 Å². The number of hydrogen-bond acceptors (Lipinski definition) is 1. The van der Waals surface area contributed by atoms with Gasteiger partial charge in [0.15, 0.2) is 0 Å². The van der Waals surface area contributed by atoms with Gasteiger partial charge >= 0.3 is 0 Å². The van der Waals surface area contributed by atoms with E-state index in [2.05, 4.69) is 18.6 Å². The van der Waals surface area contributed by atoms with Crippen LogP contribution < -0.4 is 4.74 Å². The van der Waals surface area contributed by atoms with Crippen molar-refractivity contribution in [2.75, 3.05) is 0 Å². The first kappa shape index (κ1) is 8.42. The van der Waals surface area contributed by atoms with Gasteiger partial charge in [-0.3, -0.25) is 0 Å². The lowest BCUT2D eigenvalue weighted by molar-refractivity contribution is 0.518. The van der Waals surface area contributed by atoms with E-state index in [0.29, 0.717) is 0 Å². The fourth-order valence-electron chi connectivity index (χ4n) is 0.848. The van der Waals surface area contributed by atoms with Crippen molar-refractivity contribution in [3.8, 4) is 17.8 Å². The third-order valence-electron chi connectivity index (χ3n) is 1.40. The van der Waals surface area contributed by atoms with Gasteiger partial charge in [-0.05, 0) is 6.07 Å². The molecule has 1 rings (SSSR count). The summed E-state index contributed by atoms with van der Waals surface area (Å²) in [4.78, 5) is 0. The van der Waals surface area contributed by atoms with Crippen molar-refractivity contribution in [3.63, 3.8) is 0 Å². The summed E-state index contributed by atoms with van der Waals surface area (Å²) in [6.07, 6.45) is 4.28. The lowest BCUT2D eigenvalue weighted by atomic mass is 10.2. The Balaban J connectivity index is 2.94. The molecule has 0 heterocycles. The zero-order chi connectivity index (χ0) is 8.81. The molecule has 1 aromatic carbocycles. The normalized spacial score (nSPS) is 8.08. The maximum atomic E-state index is 5.14. The van der Waals surface area contributed by atoms with Crippen LogP contribution in [-0.4, -0.2) is 0 Å². The van der Waals surface area contributed by atoms with Gasteiger partial charge in [0, 0.05) is 12.5 Å². The van der Waals surface area contributed by atoms with Crippen molar-refractivity contribution in [3.05, 3.63) is 36.4 Å². The molecule has 1 nitrogen and oxygen atoms in total. The Labute approximate surface area is 72.7 Å². The van der Waals surface area contributed by atoms with Gasteiger partial charge in [0.05, 0.1) is 0 Å². The van der Waals surface area contributed by atoms with Crippen LogP contribution in [0.4, 0.5) is 0 Å². The monoisotopic (exact) mass is 158 g/mol. The van der Waals surface area contributed by atoms with Gasteiger partial charge < -0.3 is 4.74 Å². The second-order valence-corrected chi connectivity index (χ2v) is 2.20. The largest absolute Gasteiger partial charge is 0.407 e. The molecule has 0 aliphatic heterocycles. The Hall–Kier alpha value is -1.68. The summed E-state index contributed by atoms with van der Waals surface area (Å²) in [5.74, 6) is 3.41. The SMILES string of the molecule is C=Cc1ccccc1OC#CC. The Morgan fingerprint density at radius 1 is 1.42 bits per heavy atom. The predicted molar refractivity (Wildman–Crippen MR) is 50.6 cm³/mol. The first-order valence-electron chi connectivity index (χ1n) is 3.68. The molecule has 0 aromatic heterocycles. The van der Waals surface area contributed by atoms with Crippen LogP contribution in [0, 0.1) is 12.0 Å². The Morgan fingerprint density at radius 2 is 2.17 bits per heavy atom. The summed E-state index contributed by atoms with van der Waals surface area (Å²) in [5, 5.41) is 0. The van der Waals surface area contributed by atoms with E-state index in [4.69, 9.17) is 4.74 Å². The van der Waals surface area contributed by atoms with Crippen molar-refractivity contribution < 1.29 is 4.74 Å². The van der Waals surface area contributed by atoms with Crippen LogP contribution in [0.2, 0.25) is 0 Å². The van der Waals surface area contributed by atoms with Crippen LogP contribution in [0.5, 0.6) is 5.75 Å². The number of hydrogen-bond donors (Lipinski definition) is 0. The molecule has 0 saturated heterocycles. The number of para-hydroxylation sites is 1. The van der Waals surface area contributed by atoms with E-state index in [1.54, 1.807) is 13.0 Å². The van der Waals surface area contributed by atoms with Crippen LogP contribution >= 0.6 is 0 Å². The third-order valence-corrected chi connectivity index (χ3v) is 1.40. The van der Waals surface area contributed by atoms with E-state index in [1.807, 2.05) is 24.3 Å². The van der Waals surface area contributed by atoms with E-state index >= 15 is 0 Å². The van der Waals surface area contributed by atoms with Crippen LogP contribution in [0.1, 0.15) is 12.5 Å². The van der Waals surface area contributed by atoms with E-state index in [-0.39, 0.29) is 0 Å². The highest BCUT2D eigenvalue weighted by Crippen LogP contribution is 2.17. The molecule has 60 valence electrons. The molecule has 1 aromatic rings. The summed E-state index contributed by atoms with van der Waals surface area (Å²) >= 11 is 0. The Kier molecular flexibility index (Phi) is 2.98. The maximum Gasteiger partial charge on any atom is 0.147 e. The second kappa shape index (κ2) is 4.25. The van der Waals surface area contributed by atoms with Gasteiger partial charge in [-0.1, -0.05) is 36.8 Å². The standard InChI is InChI=1S/C11H10O/c1-3-9-12-11-8-6-5-7-10(11)4-2/h4-8H,2H2,1H3. The van der Waals surface area contributed by atoms with Crippen LogP contribution in [0.25, 0.3) is 6.08 Å². The number of benzene rings is 1. The molecular weight excluding hydrogens is 148 g/mol. The zero-order valence-electron chi connectivity index (χ0n) is 7.00. The van der Waals surface area contributed by atoms with Crippen molar-refractivity contribution in [1.29, 1.82) is 0 Å². The first-order valence-corrected chi connectivity index (χ1v) is 3.68. The highest BCUT2D eigenvalue weighted by Gasteiger charge is 1.95. The highest BCUT2D eigenvalue weighted by molar-refractivity contribution is 5.55. The molecule has 12 heavy (non-hydrogen) atoms. The molecule has 0 atom stereocenters. The molecule has 0 aliphatic rings. The average molecular weight is 158 g/mol. The first-order chi connectivity index (χ1) is 5.88. The Morgan fingerprint density at radius 3 is 2.83 bits per heavy atom. The van der Waals surface area contributed by atoms with E-state index in [1.165, 1.54) is 0 Å². The van der Waals surface area contributed by atoms with Gasteiger partial charge in [-0.25, -0.2) is 0 Å². The van der Waals surface area contributed by atoms with Gasteiger partial charge in [-0.15, -0.1) is 0 Å². The molecule has 0 unspecified atom stereocenters. The molecule has 0 aliphatic carbocycles. The summed E-state index contributed by atoms with van der Waals surface area (Å²) in [6, 6.07) is 7.63. The van der Waals surface area contributed by atoms with E-state index < -0.39 is 0 Å². The minimum absolute atomic E-state index is 0.752. The summed E-state index contributed by atoms with van der Waals surface area (Å²) in [5.41, 5.74) is 0.959. The fraction of sp³-hybridized carbons (Fsp3) is 0.0909. The molecule has 0 fully saturated rings. The topological polar surface area (TPSA) is 9.23 Å². The van der Waals surface area contributed by atoms with Crippen LogP contribution in [0.3, 0.4) is 0 Å². The lowest BCUT2D eigenvalue weighted by Gasteiger charge is -2.00. The molecule has 1 heteroatoms. The van der Waals surface area contributed by atoms with Crippen molar-refractivity contribution in [2.24, 2.45) is 0 Å². The molecule has 0 radical (unpaired) electrons. The average Bonchev–Trinajstić information content (AvgIpc) is 2.15. The minimum Gasteiger partial charge on any atom is -0.407 e. The van der Waals surface area contributed by atoms with Crippen molar-refractivity contribution >= 4 is 6.08 Å². The molecule has 0 amide bonds. The van der Waals surface area contributed by atoms with Gasteiger partial charge in [0.25, 0.3) is 0 Å². The third kappa shape index (κ3) is 1.90. The van der Waals surface area contributed by atoms with Gasteiger partial charge in [0.2, 0.25) is 0 Å². The summed E-state index contributed by atoms with van der Waals surface area (Å²) < 4.78 is 5.14. The van der Waals surface area contributed by atoms with E-state index in [0.717, 1.165) is 11.3 Å². The predicted octanol–water partition coefficient (Wildman–Crippen LogP) is 2.69. The number of ether oxygens (including phenoxy) is 1. The van der Waals surface area contributed by atoms with Gasteiger partial charge in [0.1, 0.15) is 11.9 Å². The number of rotatable bonds is 2. The summed E-state index contributed by atoms with van der Waals surface area (Å²) in [7, 11) is 0. The quantitative estimate of drug-likeness (QED) is 0.601. The van der Waals surface area contributed by atoms with E-state index in [9.17, 15) is 0 Å². The minimum atomic E-state index is 0.752. The molecule has 0 spiro atoms. The Bertz CT molecular complexity index is 328. The van der Waals surface area contributed by atoms with Crippen molar-refractivity contribution in [2.45, 2.75) is 6.92 Å². The van der Waals surface area contributed by atoms with Crippen LogP contribution in [0.15, 0.2) is 30.8 Å². The highest BCUT2D eigenvalue weighted by atomic mass is 16.5. The zero-order valence-corrected chi connectivity index (χ0v) is 7.00. The molecule has 0 N–H and O–H groups in total. The fourth-order valence-corrected chi connectivity index (χ4v) is 0.848. The molecular formula is C11H10O.